The molecule has 7 nitrogen and oxygen atoms in total. The van der Waals surface area contributed by atoms with Crippen molar-refractivity contribution >= 4 is 39.6 Å². The van der Waals surface area contributed by atoms with E-state index in [-0.39, 0.29) is 28.7 Å². The van der Waals surface area contributed by atoms with Gasteiger partial charge in [0.25, 0.3) is 0 Å². The quantitative estimate of drug-likeness (QED) is 0.495. The number of halogens is 1. The smallest absolute Gasteiger partial charge is 0.225 e. The topological polar surface area (TPSA) is 90.4 Å². The predicted octanol–water partition coefficient (Wildman–Crippen LogP) is 3.79. The molecule has 2 atom stereocenters. The minimum absolute atomic E-state index is 0.0755. The molecule has 1 aliphatic heterocycles. The molecule has 2 aromatic rings. The van der Waals surface area contributed by atoms with Crippen LogP contribution in [0.25, 0.3) is 10.8 Å². The first kappa shape index (κ1) is 22.6. The monoisotopic (exact) mass is 464 g/mol. The minimum atomic E-state index is -1.23. The number of amides is 1. The Balaban J connectivity index is 1.56. The number of fused-ring (bicyclic) bond motifs is 1. The molecule has 0 radical (unpaired) electrons. The molecule has 0 bridgehead atoms. The van der Waals surface area contributed by atoms with Crippen molar-refractivity contribution in [2.24, 2.45) is 5.92 Å². The van der Waals surface area contributed by atoms with E-state index < -0.39 is 11.4 Å². The lowest BCUT2D eigenvalue weighted by molar-refractivity contribution is -0.141. The van der Waals surface area contributed by atoms with Gasteiger partial charge in [-0.15, -0.1) is 4.72 Å². The fourth-order valence-corrected chi connectivity index (χ4v) is 4.65. The minimum Gasteiger partial charge on any atom is -0.598 e. The summed E-state index contributed by atoms with van der Waals surface area (Å²) in [5, 5.41) is 2.01. The Morgan fingerprint density at radius 3 is 2.65 bits per heavy atom. The molecule has 0 unspecified atom stereocenters. The molecule has 9 heteroatoms. The van der Waals surface area contributed by atoms with Gasteiger partial charge in [-0.25, -0.2) is 9.97 Å². The van der Waals surface area contributed by atoms with Gasteiger partial charge in [-0.05, 0) is 51.5 Å². The fourth-order valence-electron chi connectivity index (χ4n) is 3.59. The third-order valence-corrected chi connectivity index (χ3v) is 7.50. The van der Waals surface area contributed by atoms with Crippen molar-refractivity contribution in [1.29, 1.82) is 0 Å². The molecule has 2 aliphatic rings. The number of pyridine rings is 2. The predicted molar refractivity (Wildman–Crippen MR) is 122 cm³/mol. The Labute approximate surface area is 191 Å². The van der Waals surface area contributed by atoms with E-state index in [4.69, 9.17) is 16.3 Å². The zero-order valence-corrected chi connectivity index (χ0v) is 19.9. The van der Waals surface area contributed by atoms with Crippen LogP contribution in [0.15, 0.2) is 18.5 Å². The lowest BCUT2D eigenvalue weighted by Crippen LogP contribution is -2.56. The van der Waals surface area contributed by atoms with Crippen LogP contribution in [0.5, 0.6) is 5.88 Å². The van der Waals surface area contributed by atoms with Crippen LogP contribution in [0.3, 0.4) is 0 Å². The Hall–Kier alpha value is -1.61. The van der Waals surface area contributed by atoms with Crippen molar-refractivity contribution in [3.05, 3.63) is 29.2 Å². The third kappa shape index (κ3) is 4.92. The lowest BCUT2D eigenvalue weighted by atomic mass is 10.0. The van der Waals surface area contributed by atoms with Crippen LogP contribution in [0.1, 0.15) is 58.6 Å². The van der Waals surface area contributed by atoms with E-state index in [2.05, 4.69) is 14.7 Å². The maximum atomic E-state index is 12.7. The van der Waals surface area contributed by atoms with Crippen molar-refractivity contribution < 1.29 is 14.1 Å². The number of ether oxygens (including phenoxy) is 1. The lowest BCUT2D eigenvalue weighted by Gasteiger charge is -2.39. The maximum Gasteiger partial charge on any atom is 0.225 e. The van der Waals surface area contributed by atoms with E-state index in [1.807, 2.05) is 32.6 Å². The molecule has 0 spiro atoms. The van der Waals surface area contributed by atoms with E-state index in [1.165, 1.54) is 0 Å². The van der Waals surface area contributed by atoms with Gasteiger partial charge in [0, 0.05) is 35.2 Å². The summed E-state index contributed by atoms with van der Waals surface area (Å²) in [5.41, 5.74) is 0.908. The van der Waals surface area contributed by atoms with Crippen LogP contribution < -0.4 is 9.46 Å². The Morgan fingerprint density at radius 2 is 2.03 bits per heavy atom. The summed E-state index contributed by atoms with van der Waals surface area (Å²) in [4.78, 5) is 22.8. The number of aromatic nitrogens is 2. The molecule has 1 amide bonds. The number of likely N-dealkylation sites (tertiary alicyclic amines) is 1. The van der Waals surface area contributed by atoms with Crippen LogP contribution in [0.4, 0.5) is 0 Å². The number of hydrogen-bond acceptors (Lipinski definition) is 6. The van der Waals surface area contributed by atoms with Crippen molar-refractivity contribution in [3.63, 3.8) is 0 Å². The van der Waals surface area contributed by atoms with E-state index in [0.717, 1.165) is 35.6 Å². The van der Waals surface area contributed by atoms with E-state index >= 15 is 0 Å². The van der Waals surface area contributed by atoms with Gasteiger partial charge < -0.3 is 14.2 Å². The summed E-state index contributed by atoms with van der Waals surface area (Å²) in [6, 6.07) is 1.65. The average molecular weight is 465 g/mol. The van der Waals surface area contributed by atoms with Crippen LogP contribution >= 0.6 is 11.6 Å². The average Bonchev–Trinajstić information content (AvgIpc) is 3.52. The van der Waals surface area contributed by atoms with Crippen LogP contribution in [-0.4, -0.2) is 49.3 Å². The first-order valence-electron chi connectivity index (χ1n) is 10.7. The van der Waals surface area contributed by atoms with Crippen molar-refractivity contribution in [2.75, 3.05) is 13.1 Å². The van der Waals surface area contributed by atoms with Crippen molar-refractivity contribution in [2.45, 2.75) is 63.9 Å². The fraction of sp³-hybridized carbons (Fsp3) is 0.591. The highest BCUT2D eigenvalue weighted by Crippen LogP contribution is 2.35. The summed E-state index contributed by atoms with van der Waals surface area (Å²) >= 11 is 4.98. The van der Waals surface area contributed by atoms with Gasteiger partial charge in [-0.3, -0.25) is 4.79 Å². The highest BCUT2D eigenvalue weighted by Gasteiger charge is 2.40. The van der Waals surface area contributed by atoms with Crippen LogP contribution in [0, 0.1) is 5.92 Å². The summed E-state index contributed by atoms with van der Waals surface area (Å²) < 4.78 is 21.7. The molecule has 1 N–H and O–H groups in total. The van der Waals surface area contributed by atoms with Gasteiger partial charge in [-0.2, -0.15) is 0 Å². The molecule has 3 heterocycles. The standard InChI is InChI=1S/C22H29ClN4O3S/c1-5-18(26-31(29)22(2,3)4)16-9-25-20(17-10-24-19(23)8-15(16)17)30-14-11-27(12-14)21(28)13-6-7-13/h8-10,13-14,18,26H,5-7,11-12H2,1-4H3/t18-,31+/m1/s1. The number of carbonyl (C=O) groups excluding carboxylic acids is 1. The third-order valence-electron chi connectivity index (χ3n) is 5.69. The van der Waals surface area contributed by atoms with Crippen LogP contribution in [-0.2, 0) is 16.2 Å². The second kappa shape index (κ2) is 8.73. The molecule has 2 aromatic heterocycles. The molecular formula is C22H29ClN4O3S. The van der Waals surface area contributed by atoms with Crippen molar-refractivity contribution in [1.82, 2.24) is 19.6 Å². The molecule has 4 rings (SSSR count). The second-order valence-corrected chi connectivity index (χ2v) is 11.7. The number of carbonyl (C=O) groups is 1. The normalized spacial score (nSPS) is 19.2. The molecular weight excluding hydrogens is 436 g/mol. The maximum absolute atomic E-state index is 12.7. The molecule has 1 saturated carbocycles. The molecule has 31 heavy (non-hydrogen) atoms. The molecule has 1 aliphatic carbocycles. The molecule has 2 fully saturated rings. The Bertz CT molecular complexity index is 973. The number of rotatable bonds is 7. The SMILES string of the molecule is CC[C@@H](N[S@@+]([O-])C(C)(C)C)c1cnc(OC2CN(C(=O)C3CC3)C2)c2cnc(Cl)cc12. The summed E-state index contributed by atoms with van der Waals surface area (Å²) in [7, 11) is 0. The van der Waals surface area contributed by atoms with Crippen molar-refractivity contribution in [3.8, 4) is 5.88 Å². The number of nitrogens with zero attached hydrogens (tertiary/aromatic N) is 3. The van der Waals surface area contributed by atoms with E-state index in [1.54, 1.807) is 18.5 Å². The zero-order valence-electron chi connectivity index (χ0n) is 18.4. The molecule has 1 saturated heterocycles. The summed E-state index contributed by atoms with van der Waals surface area (Å²) in [6.45, 7) is 9.03. The Morgan fingerprint density at radius 1 is 1.32 bits per heavy atom. The van der Waals surface area contributed by atoms with Gasteiger partial charge in [-0.1, -0.05) is 18.5 Å². The van der Waals surface area contributed by atoms with E-state index in [9.17, 15) is 9.35 Å². The van der Waals surface area contributed by atoms with Gasteiger partial charge in [0.2, 0.25) is 11.8 Å². The zero-order chi connectivity index (χ0) is 22.3. The van der Waals surface area contributed by atoms with Gasteiger partial charge in [0.15, 0.2) is 0 Å². The van der Waals surface area contributed by atoms with Gasteiger partial charge >= 0.3 is 0 Å². The number of nitrogens with one attached hydrogen (secondary N) is 1. The van der Waals surface area contributed by atoms with Crippen LogP contribution in [0.2, 0.25) is 5.15 Å². The largest absolute Gasteiger partial charge is 0.598 e. The number of hydrogen-bond donors (Lipinski definition) is 1. The van der Waals surface area contributed by atoms with E-state index in [0.29, 0.717) is 24.1 Å². The highest BCUT2D eigenvalue weighted by molar-refractivity contribution is 7.90. The highest BCUT2D eigenvalue weighted by atomic mass is 35.5. The first-order chi connectivity index (χ1) is 14.7. The first-order valence-corrected chi connectivity index (χ1v) is 12.3. The van der Waals surface area contributed by atoms with Gasteiger partial charge in [0.1, 0.15) is 16.0 Å². The summed E-state index contributed by atoms with van der Waals surface area (Å²) in [6.07, 6.45) is 6.11. The second-order valence-electron chi connectivity index (χ2n) is 9.29. The molecule has 0 aromatic carbocycles. The summed E-state index contributed by atoms with van der Waals surface area (Å²) in [5.74, 6) is 0.950. The Kier molecular flexibility index (Phi) is 6.36. The molecule has 168 valence electrons. The van der Waals surface area contributed by atoms with Gasteiger partial charge in [0.05, 0.1) is 24.5 Å².